The molecule has 1 spiro atoms. The maximum Gasteiger partial charge on any atom is 0.163 e. The van der Waals surface area contributed by atoms with Crippen molar-refractivity contribution >= 4 is 19.7 Å². The molecule has 0 saturated carbocycles. The third kappa shape index (κ3) is 2.56. The summed E-state index contributed by atoms with van der Waals surface area (Å²) in [6.45, 7) is 10.3. The highest BCUT2D eigenvalue weighted by Crippen LogP contribution is 2.52. The van der Waals surface area contributed by atoms with E-state index in [0.717, 1.165) is 0 Å². The topological polar surface area (TPSA) is 74.8 Å². The van der Waals surface area contributed by atoms with Gasteiger partial charge in [-0.05, 0) is 34.1 Å². The summed E-state index contributed by atoms with van der Waals surface area (Å²) in [5.74, 6) is 0.269. The largest absolute Gasteiger partial charge is 0.298 e. The lowest BCUT2D eigenvalue weighted by Gasteiger charge is -2.63. The minimum atomic E-state index is -3.16. The van der Waals surface area contributed by atoms with Crippen LogP contribution in [-0.4, -0.2) is 85.9 Å². The zero-order valence-corrected chi connectivity index (χ0v) is 16.1. The average Bonchev–Trinajstić information content (AvgIpc) is 2.34. The summed E-state index contributed by atoms with van der Waals surface area (Å²) in [7, 11) is -6.11. The molecule has 0 aromatic rings. The number of nitrogens with zero attached hydrogens (tertiary/aromatic N) is 2. The van der Waals surface area contributed by atoms with Crippen LogP contribution in [0.3, 0.4) is 0 Å². The molecule has 3 rings (SSSR count). The van der Waals surface area contributed by atoms with E-state index in [0.29, 0.717) is 38.6 Å². The van der Waals surface area contributed by atoms with E-state index in [-0.39, 0.29) is 16.8 Å². The lowest BCUT2D eigenvalue weighted by molar-refractivity contribution is 0.0385. The van der Waals surface area contributed by atoms with E-state index in [4.69, 9.17) is 0 Å². The molecule has 0 aromatic heterocycles. The Bertz CT molecular complexity index is 677. The third-order valence-electron chi connectivity index (χ3n) is 6.20. The molecule has 6 nitrogen and oxygen atoms in total. The summed E-state index contributed by atoms with van der Waals surface area (Å²) in [6, 6.07) is 0.384. The molecule has 0 aromatic carbocycles. The molecule has 0 aliphatic carbocycles. The smallest absolute Gasteiger partial charge is 0.163 e. The molecule has 3 aliphatic rings. The van der Waals surface area contributed by atoms with Crippen LogP contribution in [0.2, 0.25) is 0 Å². The van der Waals surface area contributed by atoms with Crippen LogP contribution in [0.25, 0.3) is 0 Å². The molecule has 3 heterocycles. The van der Waals surface area contributed by atoms with Crippen LogP contribution in [-0.2, 0) is 19.7 Å². The van der Waals surface area contributed by atoms with Crippen LogP contribution in [0.15, 0.2) is 0 Å². The Labute approximate surface area is 140 Å². The van der Waals surface area contributed by atoms with Crippen LogP contribution < -0.4 is 0 Å². The fourth-order valence-electron chi connectivity index (χ4n) is 4.26. The van der Waals surface area contributed by atoms with Crippen LogP contribution in [0.5, 0.6) is 0 Å². The summed E-state index contributed by atoms with van der Waals surface area (Å²) in [4.78, 5) is 4.26. The van der Waals surface area contributed by atoms with Gasteiger partial charge in [0.2, 0.25) is 0 Å². The monoisotopic (exact) mass is 364 g/mol. The Hall–Kier alpha value is -0.180. The molecule has 1 unspecified atom stereocenters. The summed E-state index contributed by atoms with van der Waals surface area (Å²) in [5.41, 5.74) is -0.502. The van der Waals surface area contributed by atoms with Gasteiger partial charge in [0, 0.05) is 37.8 Å². The number of sulfone groups is 2. The van der Waals surface area contributed by atoms with Gasteiger partial charge in [0.25, 0.3) is 0 Å². The summed E-state index contributed by atoms with van der Waals surface area (Å²) in [5, 5.41) is -0.384. The van der Waals surface area contributed by atoms with Crippen molar-refractivity contribution in [3.63, 3.8) is 0 Å². The molecule has 0 N–H and O–H groups in total. The maximum atomic E-state index is 13.0. The van der Waals surface area contributed by atoms with Gasteiger partial charge >= 0.3 is 0 Å². The number of hydrogen-bond donors (Lipinski definition) is 0. The van der Waals surface area contributed by atoms with Crippen molar-refractivity contribution in [2.24, 2.45) is 0 Å². The van der Waals surface area contributed by atoms with Crippen molar-refractivity contribution in [3.05, 3.63) is 0 Å². The van der Waals surface area contributed by atoms with E-state index in [1.54, 1.807) is 0 Å². The molecule has 23 heavy (non-hydrogen) atoms. The summed E-state index contributed by atoms with van der Waals surface area (Å²) < 4.78 is 48.6. The van der Waals surface area contributed by atoms with Gasteiger partial charge in [-0.2, -0.15) is 0 Å². The molecule has 3 fully saturated rings. The van der Waals surface area contributed by atoms with E-state index in [1.165, 1.54) is 0 Å². The molecule has 8 heteroatoms. The lowest BCUT2D eigenvalue weighted by atomic mass is 9.83. The Balaban J connectivity index is 1.71. The normalized spacial score (nSPS) is 33.3. The number of likely N-dealkylation sites (tertiary alicyclic amines) is 1. The fraction of sp³-hybridized carbons (Fsp3) is 1.00. The zero-order valence-electron chi connectivity index (χ0n) is 14.4. The molecule has 3 aliphatic heterocycles. The van der Waals surface area contributed by atoms with Crippen molar-refractivity contribution in [2.75, 3.05) is 37.7 Å². The second-order valence-electron chi connectivity index (χ2n) is 8.21. The minimum absolute atomic E-state index is 0.134. The molecule has 3 saturated heterocycles. The van der Waals surface area contributed by atoms with Gasteiger partial charge in [0.05, 0.1) is 21.5 Å². The molecular formula is C15H28N2O4S2. The van der Waals surface area contributed by atoms with E-state index in [9.17, 15) is 16.8 Å². The van der Waals surface area contributed by atoms with Gasteiger partial charge < -0.3 is 0 Å². The van der Waals surface area contributed by atoms with Gasteiger partial charge in [0.15, 0.2) is 19.7 Å². The minimum Gasteiger partial charge on any atom is -0.298 e. The molecule has 0 bridgehead atoms. The van der Waals surface area contributed by atoms with Crippen LogP contribution >= 0.6 is 0 Å². The standard InChI is InChI=1S/C15H28N2O4S2/c1-12(2)16-10-15(11-16)9-13(23(15,20)21)14(3,4)17-5-7-22(18,19)8-6-17/h12-13H,5-11H2,1-4H3. The lowest BCUT2D eigenvalue weighted by Crippen LogP contribution is -2.80. The van der Waals surface area contributed by atoms with Crippen molar-refractivity contribution < 1.29 is 16.8 Å². The van der Waals surface area contributed by atoms with Gasteiger partial charge in [-0.25, -0.2) is 16.8 Å². The summed E-state index contributed by atoms with van der Waals surface area (Å²) >= 11 is 0. The van der Waals surface area contributed by atoms with Gasteiger partial charge in [-0.3, -0.25) is 9.80 Å². The Kier molecular flexibility index (Phi) is 3.96. The maximum absolute atomic E-state index is 13.0. The van der Waals surface area contributed by atoms with Crippen LogP contribution in [0.1, 0.15) is 34.1 Å². The van der Waals surface area contributed by atoms with Crippen molar-refractivity contribution in [1.29, 1.82) is 0 Å². The fourth-order valence-corrected chi connectivity index (χ4v) is 8.30. The molecule has 0 radical (unpaired) electrons. The molecule has 134 valence electrons. The Morgan fingerprint density at radius 2 is 1.57 bits per heavy atom. The predicted molar refractivity (Wildman–Crippen MR) is 91.1 cm³/mol. The third-order valence-corrected chi connectivity index (χ3v) is 10.9. The second-order valence-corrected chi connectivity index (χ2v) is 13.0. The summed E-state index contributed by atoms with van der Waals surface area (Å²) in [6.07, 6.45) is 0.703. The van der Waals surface area contributed by atoms with E-state index < -0.39 is 30.0 Å². The van der Waals surface area contributed by atoms with E-state index >= 15 is 0 Å². The van der Waals surface area contributed by atoms with Gasteiger partial charge in [0.1, 0.15) is 0 Å². The first kappa shape index (κ1) is 17.6. The SMILES string of the molecule is CC(C)N1CC2(CC(C(C)(C)N3CCS(=O)(=O)CC3)S2(=O)=O)C1. The Morgan fingerprint density at radius 3 is 2.00 bits per heavy atom. The van der Waals surface area contributed by atoms with Crippen LogP contribution in [0.4, 0.5) is 0 Å². The zero-order chi connectivity index (χ0) is 17.3. The molecule has 0 amide bonds. The first-order chi connectivity index (χ1) is 10.4. The van der Waals surface area contributed by atoms with Gasteiger partial charge in [-0.1, -0.05) is 0 Å². The second kappa shape index (κ2) is 5.16. The molecule has 1 atom stereocenters. The van der Waals surface area contributed by atoms with Crippen molar-refractivity contribution in [3.8, 4) is 0 Å². The van der Waals surface area contributed by atoms with Crippen LogP contribution in [0, 0.1) is 0 Å². The van der Waals surface area contributed by atoms with E-state index in [2.05, 4.69) is 23.6 Å². The van der Waals surface area contributed by atoms with E-state index in [1.807, 2.05) is 13.8 Å². The highest BCUT2D eigenvalue weighted by Gasteiger charge is 2.69. The predicted octanol–water partition coefficient (Wildman–Crippen LogP) is 0.145. The first-order valence-electron chi connectivity index (χ1n) is 8.34. The van der Waals surface area contributed by atoms with Gasteiger partial charge in [-0.15, -0.1) is 0 Å². The quantitative estimate of drug-likeness (QED) is 0.709. The highest BCUT2D eigenvalue weighted by molar-refractivity contribution is 7.95. The van der Waals surface area contributed by atoms with Crippen molar-refractivity contribution in [1.82, 2.24) is 9.80 Å². The first-order valence-corrected chi connectivity index (χ1v) is 11.7. The Morgan fingerprint density at radius 1 is 1.04 bits per heavy atom. The molecular weight excluding hydrogens is 336 g/mol. The average molecular weight is 365 g/mol. The van der Waals surface area contributed by atoms with Crippen molar-refractivity contribution in [2.45, 2.75) is 55.7 Å². The number of hydrogen-bond acceptors (Lipinski definition) is 6. The number of rotatable bonds is 3. The highest BCUT2D eigenvalue weighted by atomic mass is 32.2.